The normalized spacial score (nSPS) is 11.6. The number of aliphatic imine (C=N–C) groups is 2. The monoisotopic (exact) mass is 321 g/mol. The Hall–Kier alpha value is -2.42. The first-order chi connectivity index (χ1) is 11.3. The standard InChI is InChI=1S/C21H27N3/c1-14-8-18(5)20(10-16(14)3)22-12-24(7)13-23-21-11-17(4)15(2)9-19(21)6/h8-13H,1-7H3. The fourth-order valence-corrected chi connectivity index (χ4v) is 2.51. The second-order valence-corrected chi connectivity index (χ2v) is 6.60. The van der Waals surface area contributed by atoms with Crippen LogP contribution in [0.25, 0.3) is 0 Å². The zero-order valence-corrected chi connectivity index (χ0v) is 15.8. The minimum atomic E-state index is 1.00. The Morgan fingerprint density at radius 2 is 0.917 bits per heavy atom. The van der Waals surface area contributed by atoms with Crippen molar-refractivity contribution in [3.05, 3.63) is 57.6 Å². The largest absolute Gasteiger partial charge is 0.326 e. The average Bonchev–Trinajstić information content (AvgIpc) is 2.51. The predicted octanol–water partition coefficient (Wildman–Crippen LogP) is 5.49. The fraction of sp³-hybridized carbons (Fsp3) is 0.333. The molecule has 0 amide bonds. The Labute approximate surface area is 145 Å². The molecule has 0 N–H and O–H groups in total. The third-order valence-corrected chi connectivity index (χ3v) is 4.38. The molecule has 0 aliphatic carbocycles. The Kier molecular flexibility index (Phi) is 5.55. The van der Waals surface area contributed by atoms with Gasteiger partial charge in [0.05, 0.1) is 24.1 Å². The summed E-state index contributed by atoms with van der Waals surface area (Å²) in [5.41, 5.74) is 9.48. The lowest BCUT2D eigenvalue weighted by Crippen LogP contribution is -2.12. The van der Waals surface area contributed by atoms with Crippen molar-refractivity contribution in [2.24, 2.45) is 9.98 Å². The highest BCUT2D eigenvalue weighted by Gasteiger charge is 2.01. The SMILES string of the molecule is Cc1cc(C)c(N=CN(C)C=Nc2cc(C)c(C)cc2C)cc1C. The summed E-state index contributed by atoms with van der Waals surface area (Å²) >= 11 is 0. The maximum atomic E-state index is 4.58. The molecule has 2 aromatic carbocycles. The Balaban J connectivity index is 2.15. The van der Waals surface area contributed by atoms with Gasteiger partial charge in [0.2, 0.25) is 0 Å². The van der Waals surface area contributed by atoms with Gasteiger partial charge in [0.25, 0.3) is 0 Å². The lowest BCUT2D eigenvalue weighted by atomic mass is 10.1. The zero-order valence-electron chi connectivity index (χ0n) is 15.8. The van der Waals surface area contributed by atoms with Crippen LogP contribution in [0.15, 0.2) is 34.3 Å². The van der Waals surface area contributed by atoms with Gasteiger partial charge in [-0.15, -0.1) is 0 Å². The van der Waals surface area contributed by atoms with E-state index in [0.717, 1.165) is 11.4 Å². The third kappa shape index (κ3) is 4.31. The number of nitrogens with zero attached hydrogens (tertiary/aromatic N) is 3. The molecule has 0 radical (unpaired) electrons. The van der Waals surface area contributed by atoms with Crippen LogP contribution in [0.1, 0.15) is 33.4 Å². The lowest BCUT2D eigenvalue weighted by Gasteiger charge is -2.09. The molecule has 0 heterocycles. The van der Waals surface area contributed by atoms with Crippen LogP contribution in [0.2, 0.25) is 0 Å². The van der Waals surface area contributed by atoms with Crippen LogP contribution in [0, 0.1) is 41.5 Å². The van der Waals surface area contributed by atoms with Crippen molar-refractivity contribution in [2.75, 3.05) is 7.05 Å². The van der Waals surface area contributed by atoms with Crippen molar-refractivity contribution in [1.29, 1.82) is 0 Å². The number of hydrogen-bond acceptors (Lipinski definition) is 2. The highest BCUT2D eigenvalue weighted by Crippen LogP contribution is 2.23. The number of rotatable bonds is 4. The minimum absolute atomic E-state index is 1.00. The first-order valence-corrected chi connectivity index (χ1v) is 8.24. The summed E-state index contributed by atoms with van der Waals surface area (Å²) in [6, 6.07) is 8.60. The predicted molar refractivity (Wildman–Crippen MR) is 105 cm³/mol. The number of benzene rings is 2. The number of hydrogen-bond donors (Lipinski definition) is 0. The van der Waals surface area contributed by atoms with Crippen LogP contribution >= 0.6 is 0 Å². The van der Waals surface area contributed by atoms with E-state index in [1.807, 2.05) is 11.9 Å². The first-order valence-electron chi connectivity index (χ1n) is 8.24. The van der Waals surface area contributed by atoms with Gasteiger partial charge in [-0.2, -0.15) is 0 Å². The van der Waals surface area contributed by atoms with Gasteiger partial charge in [-0.25, -0.2) is 9.98 Å². The van der Waals surface area contributed by atoms with Crippen LogP contribution in [0.5, 0.6) is 0 Å². The average molecular weight is 321 g/mol. The zero-order chi connectivity index (χ0) is 17.9. The quantitative estimate of drug-likeness (QED) is 0.540. The van der Waals surface area contributed by atoms with E-state index >= 15 is 0 Å². The molecule has 0 unspecified atom stereocenters. The minimum Gasteiger partial charge on any atom is -0.326 e. The summed E-state index contributed by atoms with van der Waals surface area (Å²) in [5.74, 6) is 0. The van der Waals surface area contributed by atoms with Gasteiger partial charge in [0.15, 0.2) is 0 Å². The smallest absolute Gasteiger partial charge is 0.0961 e. The van der Waals surface area contributed by atoms with Crippen LogP contribution in [0.4, 0.5) is 11.4 Å². The molecule has 24 heavy (non-hydrogen) atoms. The van der Waals surface area contributed by atoms with Gasteiger partial charge in [-0.3, -0.25) is 0 Å². The van der Waals surface area contributed by atoms with E-state index in [1.54, 1.807) is 12.7 Å². The third-order valence-electron chi connectivity index (χ3n) is 4.38. The topological polar surface area (TPSA) is 28.0 Å². The molecule has 0 aromatic heterocycles. The molecule has 0 saturated heterocycles. The second-order valence-electron chi connectivity index (χ2n) is 6.60. The van der Waals surface area contributed by atoms with Crippen LogP contribution in [0.3, 0.4) is 0 Å². The summed E-state index contributed by atoms with van der Waals surface area (Å²) in [6.45, 7) is 12.7. The van der Waals surface area contributed by atoms with Crippen molar-refractivity contribution in [3.63, 3.8) is 0 Å². The van der Waals surface area contributed by atoms with E-state index in [0.29, 0.717) is 0 Å². The van der Waals surface area contributed by atoms with Crippen molar-refractivity contribution < 1.29 is 0 Å². The van der Waals surface area contributed by atoms with Gasteiger partial charge >= 0.3 is 0 Å². The Morgan fingerprint density at radius 3 is 1.29 bits per heavy atom. The van der Waals surface area contributed by atoms with Crippen LogP contribution in [-0.4, -0.2) is 24.6 Å². The molecule has 0 aliphatic rings. The van der Waals surface area contributed by atoms with Crippen molar-refractivity contribution >= 4 is 24.1 Å². The lowest BCUT2D eigenvalue weighted by molar-refractivity contribution is 0.801. The van der Waals surface area contributed by atoms with Gasteiger partial charge in [-0.05, 0) is 87.1 Å². The molecule has 2 aromatic rings. The van der Waals surface area contributed by atoms with E-state index in [9.17, 15) is 0 Å². The molecule has 2 rings (SSSR count). The molecule has 0 fully saturated rings. The van der Waals surface area contributed by atoms with Crippen LogP contribution < -0.4 is 0 Å². The fourth-order valence-electron chi connectivity index (χ4n) is 2.51. The van der Waals surface area contributed by atoms with Gasteiger partial charge in [0, 0.05) is 7.05 Å². The first kappa shape index (κ1) is 17.9. The van der Waals surface area contributed by atoms with Crippen molar-refractivity contribution in [1.82, 2.24) is 4.90 Å². The Bertz CT molecular complexity index is 734. The van der Waals surface area contributed by atoms with Crippen molar-refractivity contribution in [2.45, 2.75) is 41.5 Å². The van der Waals surface area contributed by atoms with Gasteiger partial charge < -0.3 is 4.90 Å². The highest BCUT2D eigenvalue weighted by molar-refractivity contribution is 5.79. The number of aryl methyl sites for hydroxylation is 6. The van der Waals surface area contributed by atoms with Gasteiger partial charge in [-0.1, -0.05) is 12.1 Å². The molecule has 0 atom stereocenters. The van der Waals surface area contributed by atoms with E-state index in [-0.39, 0.29) is 0 Å². The molecule has 0 bridgehead atoms. The maximum absolute atomic E-state index is 4.58. The molecule has 126 valence electrons. The summed E-state index contributed by atoms with van der Waals surface area (Å²) in [7, 11) is 1.94. The van der Waals surface area contributed by atoms with Gasteiger partial charge in [0.1, 0.15) is 0 Å². The second kappa shape index (κ2) is 7.43. The summed E-state index contributed by atoms with van der Waals surface area (Å²) in [6.07, 6.45) is 3.61. The van der Waals surface area contributed by atoms with E-state index in [4.69, 9.17) is 0 Å². The van der Waals surface area contributed by atoms with Crippen LogP contribution in [-0.2, 0) is 0 Å². The maximum Gasteiger partial charge on any atom is 0.0961 e. The highest BCUT2D eigenvalue weighted by atomic mass is 15.1. The summed E-state index contributed by atoms with van der Waals surface area (Å²) in [5, 5.41) is 0. The molecular formula is C21H27N3. The molecule has 0 saturated carbocycles. The van der Waals surface area contributed by atoms with E-state index < -0.39 is 0 Å². The van der Waals surface area contributed by atoms with E-state index in [1.165, 1.54) is 33.4 Å². The Morgan fingerprint density at radius 1 is 0.583 bits per heavy atom. The summed E-state index contributed by atoms with van der Waals surface area (Å²) < 4.78 is 0. The summed E-state index contributed by atoms with van der Waals surface area (Å²) in [4.78, 5) is 11.0. The molecular weight excluding hydrogens is 294 g/mol. The molecule has 3 heteroatoms. The molecule has 0 aliphatic heterocycles. The van der Waals surface area contributed by atoms with E-state index in [2.05, 4.69) is 75.8 Å². The van der Waals surface area contributed by atoms with Crippen molar-refractivity contribution in [3.8, 4) is 0 Å². The molecule has 0 spiro atoms. The molecule has 3 nitrogen and oxygen atoms in total.